The third kappa shape index (κ3) is 5.18. The number of halogens is 1. The number of Topliss-reactive ketones (excluding diaryl/α,β-unsaturated/α-hetero) is 1. The Hall–Kier alpha value is -2.69. The zero-order chi connectivity index (χ0) is 19.9. The Morgan fingerprint density at radius 2 is 1.61 bits per heavy atom. The Kier molecular flexibility index (Phi) is 6.80. The third-order valence-electron chi connectivity index (χ3n) is 5.29. The SMILES string of the molecule is CCc1ccc(C(=O)CCC(=O)N2CCCN(c3ccc(F)cc3)CC2)cc1. The molecule has 2 aromatic rings. The normalized spacial score (nSPS) is 14.6. The fourth-order valence-electron chi connectivity index (χ4n) is 3.53. The van der Waals surface area contributed by atoms with Gasteiger partial charge in [0.15, 0.2) is 5.78 Å². The standard InChI is InChI=1S/C23H27FN2O2/c1-2-18-4-6-19(7-5-18)22(27)12-13-23(28)26-15-3-14-25(16-17-26)21-10-8-20(24)9-11-21/h4-11H,2-3,12-17H2,1H3. The number of carbonyl (C=O) groups is 2. The summed E-state index contributed by atoms with van der Waals surface area (Å²) < 4.78 is 13.1. The van der Waals surface area contributed by atoms with Gasteiger partial charge >= 0.3 is 0 Å². The fraction of sp³-hybridized carbons (Fsp3) is 0.391. The van der Waals surface area contributed by atoms with E-state index < -0.39 is 0 Å². The van der Waals surface area contributed by atoms with Crippen LogP contribution in [0.3, 0.4) is 0 Å². The number of carbonyl (C=O) groups excluding carboxylic acids is 2. The maximum atomic E-state index is 13.1. The highest BCUT2D eigenvalue weighted by Crippen LogP contribution is 2.18. The van der Waals surface area contributed by atoms with Crippen molar-refractivity contribution in [1.29, 1.82) is 0 Å². The summed E-state index contributed by atoms with van der Waals surface area (Å²) in [7, 11) is 0. The van der Waals surface area contributed by atoms with E-state index in [1.54, 1.807) is 12.1 Å². The van der Waals surface area contributed by atoms with E-state index in [1.165, 1.54) is 17.7 Å². The molecule has 4 nitrogen and oxygen atoms in total. The summed E-state index contributed by atoms with van der Waals surface area (Å²) in [6.45, 7) is 4.93. The van der Waals surface area contributed by atoms with Crippen LogP contribution in [-0.2, 0) is 11.2 Å². The zero-order valence-electron chi connectivity index (χ0n) is 16.4. The molecule has 1 saturated heterocycles. The van der Waals surface area contributed by atoms with E-state index in [2.05, 4.69) is 11.8 Å². The van der Waals surface area contributed by atoms with Crippen LogP contribution in [-0.4, -0.2) is 42.8 Å². The van der Waals surface area contributed by atoms with Crippen LogP contribution in [0.4, 0.5) is 10.1 Å². The maximum Gasteiger partial charge on any atom is 0.223 e. The number of nitrogens with zero attached hydrogens (tertiary/aromatic N) is 2. The molecule has 0 aromatic heterocycles. The summed E-state index contributed by atoms with van der Waals surface area (Å²) in [5.74, 6) is -0.206. The molecule has 2 aromatic carbocycles. The largest absolute Gasteiger partial charge is 0.370 e. The third-order valence-corrected chi connectivity index (χ3v) is 5.29. The highest BCUT2D eigenvalue weighted by Gasteiger charge is 2.20. The summed E-state index contributed by atoms with van der Waals surface area (Å²) in [5.41, 5.74) is 2.84. The Balaban J connectivity index is 1.50. The molecule has 0 spiro atoms. The van der Waals surface area contributed by atoms with Crippen molar-refractivity contribution in [3.05, 3.63) is 65.5 Å². The van der Waals surface area contributed by atoms with Crippen molar-refractivity contribution in [2.75, 3.05) is 31.1 Å². The number of hydrogen-bond acceptors (Lipinski definition) is 3. The predicted octanol–water partition coefficient (Wildman–Crippen LogP) is 4.09. The van der Waals surface area contributed by atoms with Gasteiger partial charge in [0.25, 0.3) is 0 Å². The van der Waals surface area contributed by atoms with Gasteiger partial charge in [0, 0.05) is 50.3 Å². The molecule has 0 radical (unpaired) electrons. The molecular weight excluding hydrogens is 355 g/mol. The van der Waals surface area contributed by atoms with Crippen molar-refractivity contribution in [3.63, 3.8) is 0 Å². The van der Waals surface area contributed by atoms with Crippen LogP contribution >= 0.6 is 0 Å². The van der Waals surface area contributed by atoms with E-state index in [0.717, 1.165) is 25.1 Å². The lowest BCUT2D eigenvalue weighted by molar-refractivity contribution is -0.130. The average molecular weight is 382 g/mol. The number of rotatable bonds is 6. The molecule has 5 heteroatoms. The van der Waals surface area contributed by atoms with Crippen LogP contribution < -0.4 is 4.90 Å². The quantitative estimate of drug-likeness (QED) is 0.707. The van der Waals surface area contributed by atoms with Crippen molar-refractivity contribution < 1.29 is 14.0 Å². The van der Waals surface area contributed by atoms with Crippen LogP contribution in [0.15, 0.2) is 48.5 Å². The molecule has 0 unspecified atom stereocenters. The minimum absolute atomic E-state index is 0.0127. The van der Waals surface area contributed by atoms with Gasteiger partial charge in [0.05, 0.1) is 0 Å². The maximum absolute atomic E-state index is 13.1. The molecule has 0 bridgehead atoms. The summed E-state index contributed by atoms with van der Waals surface area (Å²) in [6, 6.07) is 14.1. The smallest absolute Gasteiger partial charge is 0.223 e. The molecule has 28 heavy (non-hydrogen) atoms. The topological polar surface area (TPSA) is 40.6 Å². The first-order chi connectivity index (χ1) is 13.6. The number of amides is 1. The Morgan fingerprint density at radius 3 is 2.29 bits per heavy atom. The number of aryl methyl sites for hydroxylation is 1. The summed E-state index contributed by atoms with van der Waals surface area (Å²) in [6.07, 6.45) is 2.28. The van der Waals surface area contributed by atoms with E-state index in [4.69, 9.17) is 0 Å². The molecule has 0 atom stereocenters. The predicted molar refractivity (Wildman–Crippen MR) is 109 cm³/mol. The van der Waals surface area contributed by atoms with Crippen LogP contribution in [0.2, 0.25) is 0 Å². The molecule has 1 aliphatic heterocycles. The second kappa shape index (κ2) is 9.49. The summed E-state index contributed by atoms with van der Waals surface area (Å²) in [4.78, 5) is 29.0. The first-order valence-corrected chi connectivity index (χ1v) is 9.97. The van der Waals surface area contributed by atoms with E-state index in [9.17, 15) is 14.0 Å². The Morgan fingerprint density at radius 1 is 0.893 bits per heavy atom. The van der Waals surface area contributed by atoms with E-state index in [1.807, 2.05) is 29.2 Å². The zero-order valence-corrected chi connectivity index (χ0v) is 16.4. The minimum atomic E-state index is -0.246. The van der Waals surface area contributed by atoms with Crippen LogP contribution in [0.5, 0.6) is 0 Å². The molecule has 148 valence electrons. The first kappa shape index (κ1) is 20.1. The lowest BCUT2D eigenvalue weighted by Crippen LogP contribution is -2.35. The van der Waals surface area contributed by atoms with Gasteiger partial charge in [-0.05, 0) is 42.7 Å². The number of anilines is 1. The number of hydrogen-bond donors (Lipinski definition) is 0. The molecule has 1 fully saturated rings. The van der Waals surface area contributed by atoms with Crippen LogP contribution in [0, 0.1) is 5.82 Å². The first-order valence-electron chi connectivity index (χ1n) is 9.97. The van der Waals surface area contributed by atoms with Crippen molar-refractivity contribution in [1.82, 2.24) is 4.90 Å². The number of ketones is 1. The molecule has 0 saturated carbocycles. The van der Waals surface area contributed by atoms with Gasteiger partial charge in [-0.3, -0.25) is 9.59 Å². The Bertz CT molecular complexity index is 802. The highest BCUT2D eigenvalue weighted by atomic mass is 19.1. The van der Waals surface area contributed by atoms with Gasteiger partial charge in [-0.2, -0.15) is 0 Å². The molecule has 0 N–H and O–H groups in total. The van der Waals surface area contributed by atoms with Gasteiger partial charge in [-0.15, -0.1) is 0 Å². The van der Waals surface area contributed by atoms with Gasteiger partial charge in [-0.1, -0.05) is 31.2 Å². The van der Waals surface area contributed by atoms with E-state index in [-0.39, 0.29) is 30.3 Å². The monoisotopic (exact) mass is 382 g/mol. The van der Waals surface area contributed by atoms with Crippen molar-refractivity contribution in [3.8, 4) is 0 Å². The molecule has 1 amide bonds. The van der Waals surface area contributed by atoms with Gasteiger partial charge in [0.1, 0.15) is 5.82 Å². The molecule has 1 heterocycles. The van der Waals surface area contributed by atoms with Gasteiger partial charge < -0.3 is 9.80 Å². The van der Waals surface area contributed by atoms with Crippen molar-refractivity contribution >= 4 is 17.4 Å². The van der Waals surface area contributed by atoms with Crippen molar-refractivity contribution in [2.45, 2.75) is 32.6 Å². The highest BCUT2D eigenvalue weighted by molar-refractivity contribution is 5.98. The second-order valence-corrected chi connectivity index (χ2v) is 7.17. The van der Waals surface area contributed by atoms with Crippen LogP contribution in [0.1, 0.15) is 42.1 Å². The van der Waals surface area contributed by atoms with E-state index >= 15 is 0 Å². The lowest BCUT2D eigenvalue weighted by Gasteiger charge is -2.23. The molecule has 3 rings (SSSR count). The summed E-state index contributed by atoms with van der Waals surface area (Å²) in [5, 5.41) is 0. The molecule has 1 aliphatic rings. The number of benzene rings is 2. The summed E-state index contributed by atoms with van der Waals surface area (Å²) >= 11 is 0. The van der Waals surface area contributed by atoms with Crippen LogP contribution in [0.25, 0.3) is 0 Å². The second-order valence-electron chi connectivity index (χ2n) is 7.17. The Labute approximate surface area is 166 Å². The van der Waals surface area contributed by atoms with Gasteiger partial charge in [0.2, 0.25) is 5.91 Å². The van der Waals surface area contributed by atoms with E-state index in [0.29, 0.717) is 25.2 Å². The minimum Gasteiger partial charge on any atom is -0.370 e. The molecular formula is C23H27FN2O2. The van der Waals surface area contributed by atoms with Gasteiger partial charge in [-0.25, -0.2) is 4.39 Å². The van der Waals surface area contributed by atoms with Crippen molar-refractivity contribution in [2.24, 2.45) is 0 Å². The molecule has 0 aliphatic carbocycles. The lowest BCUT2D eigenvalue weighted by atomic mass is 10.0. The fourth-order valence-corrected chi connectivity index (χ4v) is 3.53. The average Bonchev–Trinajstić information content (AvgIpc) is 2.99.